The standard InChI is InChI=1S/C13H21NO3S/c1-2-12(5-3-4-6-12)10(15)14-13(11(16)17)7-8-18-9-13/h2-9H2,1H3,(H,14,15)(H,16,17). The summed E-state index contributed by atoms with van der Waals surface area (Å²) in [7, 11) is 0. The fraction of sp³-hybridized carbons (Fsp3) is 0.846. The summed E-state index contributed by atoms with van der Waals surface area (Å²) >= 11 is 1.60. The lowest BCUT2D eigenvalue weighted by Gasteiger charge is -2.32. The van der Waals surface area contributed by atoms with Crippen LogP contribution in [0.2, 0.25) is 0 Å². The monoisotopic (exact) mass is 271 g/mol. The van der Waals surface area contributed by atoms with E-state index in [0.717, 1.165) is 37.9 Å². The second-order valence-corrected chi connectivity index (χ2v) is 6.59. The molecule has 1 atom stereocenters. The Morgan fingerprint density at radius 3 is 2.39 bits per heavy atom. The van der Waals surface area contributed by atoms with Crippen LogP contribution in [-0.4, -0.2) is 34.0 Å². The third kappa shape index (κ3) is 2.25. The van der Waals surface area contributed by atoms with E-state index in [1.165, 1.54) is 0 Å². The Bertz CT molecular complexity index is 344. The average Bonchev–Trinajstić information content (AvgIpc) is 2.98. The smallest absolute Gasteiger partial charge is 0.330 e. The number of carboxylic acid groups (broad SMARTS) is 1. The van der Waals surface area contributed by atoms with Crippen LogP contribution in [0.3, 0.4) is 0 Å². The van der Waals surface area contributed by atoms with Gasteiger partial charge in [-0.2, -0.15) is 11.8 Å². The highest BCUT2D eigenvalue weighted by molar-refractivity contribution is 7.99. The molecule has 1 amide bonds. The zero-order valence-corrected chi connectivity index (χ0v) is 11.6. The molecule has 0 aromatic rings. The zero-order chi connectivity index (χ0) is 13.2. The van der Waals surface area contributed by atoms with Gasteiger partial charge in [-0.05, 0) is 31.4 Å². The lowest BCUT2D eigenvalue weighted by molar-refractivity contribution is -0.148. The van der Waals surface area contributed by atoms with E-state index in [2.05, 4.69) is 5.32 Å². The van der Waals surface area contributed by atoms with Crippen LogP contribution < -0.4 is 5.32 Å². The van der Waals surface area contributed by atoms with E-state index in [0.29, 0.717) is 12.2 Å². The summed E-state index contributed by atoms with van der Waals surface area (Å²) in [5, 5.41) is 12.3. The molecule has 1 heterocycles. The van der Waals surface area contributed by atoms with E-state index in [-0.39, 0.29) is 11.3 Å². The molecule has 102 valence electrons. The van der Waals surface area contributed by atoms with Gasteiger partial charge in [0.1, 0.15) is 5.54 Å². The largest absolute Gasteiger partial charge is 0.479 e. The predicted molar refractivity (Wildman–Crippen MR) is 71.6 cm³/mol. The van der Waals surface area contributed by atoms with Gasteiger partial charge in [-0.1, -0.05) is 19.8 Å². The number of nitrogens with one attached hydrogen (secondary N) is 1. The molecule has 2 aliphatic rings. The first kappa shape index (κ1) is 13.7. The second kappa shape index (κ2) is 5.11. The number of aliphatic carboxylic acids is 1. The summed E-state index contributed by atoms with van der Waals surface area (Å²) in [6.45, 7) is 2.03. The van der Waals surface area contributed by atoms with Crippen molar-refractivity contribution in [3.05, 3.63) is 0 Å². The van der Waals surface area contributed by atoms with E-state index >= 15 is 0 Å². The number of amides is 1. The van der Waals surface area contributed by atoms with Crippen molar-refractivity contribution >= 4 is 23.6 Å². The zero-order valence-electron chi connectivity index (χ0n) is 10.8. The Labute approximate surface area is 112 Å². The van der Waals surface area contributed by atoms with Crippen LogP contribution in [0.5, 0.6) is 0 Å². The van der Waals surface area contributed by atoms with Crippen LogP contribution >= 0.6 is 11.8 Å². The minimum Gasteiger partial charge on any atom is -0.479 e. The van der Waals surface area contributed by atoms with Crippen molar-refractivity contribution in [2.24, 2.45) is 5.41 Å². The van der Waals surface area contributed by atoms with Gasteiger partial charge >= 0.3 is 5.97 Å². The molecule has 2 rings (SSSR count). The third-order valence-corrected chi connectivity index (χ3v) is 5.69. The van der Waals surface area contributed by atoms with Crippen LogP contribution in [-0.2, 0) is 9.59 Å². The van der Waals surface area contributed by atoms with Crippen molar-refractivity contribution in [2.45, 2.75) is 51.0 Å². The maximum absolute atomic E-state index is 12.5. The maximum Gasteiger partial charge on any atom is 0.330 e. The molecule has 4 nitrogen and oxygen atoms in total. The Morgan fingerprint density at radius 2 is 1.94 bits per heavy atom. The summed E-state index contributed by atoms with van der Waals surface area (Å²) in [5.74, 6) is 0.386. The van der Waals surface area contributed by atoms with Gasteiger partial charge in [0, 0.05) is 11.2 Å². The minimum atomic E-state index is -1.02. The van der Waals surface area contributed by atoms with Gasteiger partial charge in [-0.25, -0.2) is 4.79 Å². The Kier molecular flexibility index (Phi) is 3.90. The van der Waals surface area contributed by atoms with Crippen molar-refractivity contribution in [1.29, 1.82) is 0 Å². The van der Waals surface area contributed by atoms with Crippen LogP contribution in [0, 0.1) is 5.41 Å². The molecule has 0 spiro atoms. The van der Waals surface area contributed by atoms with Gasteiger partial charge in [0.2, 0.25) is 5.91 Å². The average molecular weight is 271 g/mol. The molecule has 1 saturated carbocycles. The van der Waals surface area contributed by atoms with E-state index in [4.69, 9.17) is 0 Å². The quantitative estimate of drug-likeness (QED) is 0.821. The van der Waals surface area contributed by atoms with Gasteiger partial charge in [-0.3, -0.25) is 4.79 Å². The van der Waals surface area contributed by atoms with Crippen LogP contribution in [0.15, 0.2) is 0 Å². The molecular formula is C13H21NO3S. The number of rotatable bonds is 4. The van der Waals surface area contributed by atoms with Crippen LogP contribution in [0.1, 0.15) is 45.4 Å². The molecule has 1 aliphatic carbocycles. The van der Waals surface area contributed by atoms with Crippen LogP contribution in [0.4, 0.5) is 0 Å². The lowest BCUT2D eigenvalue weighted by Crippen LogP contribution is -2.58. The van der Waals surface area contributed by atoms with Gasteiger partial charge in [0.15, 0.2) is 0 Å². The van der Waals surface area contributed by atoms with Gasteiger partial charge < -0.3 is 10.4 Å². The Hall–Kier alpha value is -0.710. The first-order valence-corrected chi connectivity index (χ1v) is 7.84. The fourth-order valence-corrected chi connectivity index (χ4v) is 4.35. The first-order valence-electron chi connectivity index (χ1n) is 6.68. The Morgan fingerprint density at radius 1 is 1.28 bits per heavy atom. The number of carboxylic acids is 1. The highest BCUT2D eigenvalue weighted by Crippen LogP contribution is 2.42. The summed E-state index contributed by atoms with van der Waals surface area (Å²) < 4.78 is 0. The normalized spacial score (nSPS) is 30.3. The molecule has 18 heavy (non-hydrogen) atoms. The van der Waals surface area contributed by atoms with E-state index in [1.54, 1.807) is 11.8 Å². The topological polar surface area (TPSA) is 66.4 Å². The molecule has 0 radical (unpaired) electrons. The molecule has 5 heteroatoms. The molecule has 2 N–H and O–H groups in total. The number of carbonyl (C=O) groups excluding carboxylic acids is 1. The van der Waals surface area contributed by atoms with Crippen molar-refractivity contribution < 1.29 is 14.7 Å². The van der Waals surface area contributed by atoms with Gasteiger partial charge in [0.25, 0.3) is 0 Å². The van der Waals surface area contributed by atoms with Gasteiger partial charge in [0.05, 0.1) is 0 Å². The highest BCUT2D eigenvalue weighted by Gasteiger charge is 2.48. The number of thioether (sulfide) groups is 1. The number of carbonyl (C=O) groups is 2. The van der Waals surface area contributed by atoms with Gasteiger partial charge in [-0.15, -0.1) is 0 Å². The predicted octanol–water partition coefficient (Wildman–Crippen LogP) is 2.03. The SMILES string of the molecule is CCC1(C(=O)NC2(C(=O)O)CCSC2)CCCC1. The second-order valence-electron chi connectivity index (χ2n) is 5.48. The molecule has 0 aromatic heterocycles. The summed E-state index contributed by atoms with van der Waals surface area (Å²) in [6, 6.07) is 0. The first-order chi connectivity index (χ1) is 8.55. The molecule has 0 aromatic carbocycles. The molecule has 1 aliphatic heterocycles. The molecule has 2 fully saturated rings. The molecule has 1 saturated heterocycles. The minimum absolute atomic E-state index is 0.0348. The Balaban J connectivity index is 2.12. The van der Waals surface area contributed by atoms with Crippen molar-refractivity contribution in [1.82, 2.24) is 5.32 Å². The molecule has 1 unspecified atom stereocenters. The van der Waals surface area contributed by atoms with E-state index in [1.807, 2.05) is 6.92 Å². The van der Waals surface area contributed by atoms with Crippen LogP contribution in [0.25, 0.3) is 0 Å². The van der Waals surface area contributed by atoms with E-state index < -0.39 is 11.5 Å². The number of hydrogen-bond acceptors (Lipinski definition) is 3. The van der Waals surface area contributed by atoms with Crippen molar-refractivity contribution in [3.63, 3.8) is 0 Å². The van der Waals surface area contributed by atoms with Crippen molar-refractivity contribution in [2.75, 3.05) is 11.5 Å². The fourth-order valence-electron chi connectivity index (χ4n) is 3.03. The molecular weight excluding hydrogens is 250 g/mol. The lowest BCUT2D eigenvalue weighted by atomic mass is 9.81. The maximum atomic E-state index is 12.5. The van der Waals surface area contributed by atoms with Crippen molar-refractivity contribution in [3.8, 4) is 0 Å². The third-order valence-electron chi connectivity index (χ3n) is 4.50. The summed E-state index contributed by atoms with van der Waals surface area (Å²) in [6.07, 6.45) is 5.31. The van der Waals surface area contributed by atoms with E-state index in [9.17, 15) is 14.7 Å². The highest BCUT2D eigenvalue weighted by atomic mass is 32.2. The number of hydrogen-bond donors (Lipinski definition) is 2. The summed E-state index contributed by atoms with van der Waals surface area (Å²) in [4.78, 5) is 23.9. The summed E-state index contributed by atoms with van der Waals surface area (Å²) in [5.41, 5.74) is -1.33. The molecule has 0 bridgehead atoms.